The van der Waals surface area contributed by atoms with Gasteiger partial charge in [0.2, 0.25) is 0 Å². The molecule has 88 valence electrons. The Morgan fingerprint density at radius 3 is 2.62 bits per heavy atom. The summed E-state index contributed by atoms with van der Waals surface area (Å²) in [6.45, 7) is -0.784. The first-order valence-corrected chi connectivity index (χ1v) is 4.28. The fourth-order valence-electron chi connectivity index (χ4n) is 1.04. The third-order valence-electron chi connectivity index (χ3n) is 1.72. The highest BCUT2D eigenvalue weighted by Gasteiger charge is 2.13. The molecular weight excluding hydrogens is 224 g/mol. The zero-order valence-electron chi connectivity index (χ0n) is 8.35. The van der Waals surface area contributed by atoms with Crippen molar-refractivity contribution in [1.82, 2.24) is 0 Å². The van der Waals surface area contributed by atoms with Crippen molar-refractivity contribution in [3.8, 4) is 11.5 Å². The van der Waals surface area contributed by atoms with Crippen LogP contribution in [0.5, 0.6) is 11.5 Å². The number of hydrogen-bond acceptors (Lipinski definition) is 4. The largest absolute Gasteiger partial charge is 0.493 e. The van der Waals surface area contributed by atoms with E-state index in [2.05, 4.69) is 0 Å². The molecule has 0 bridgehead atoms. The highest BCUT2D eigenvalue weighted by Crippen LogP contribution is 2.31. The van der Waals surface area contributed by atoms with Gasteiger partial charge in [0.15, 0.2) is 11.5 Å². The Morgan fingerprint density at radius 2 is 2.12 bits per heavy atom. The molecule has 1 rings (SSSR count). The van der Waals surface area contributed by atoms with E-state index in [4.69, 9.17) is 9.47 Å². The number of benzene rings is 1. The van der Waals surface area contributed by atoms with Crippen LogP contribution in [0.1, 0.15) is 0 Å². The molecule has 0 radical (unpaired) electrons. The van der Waals surface area contributed by atoms with Crippen LogP contribution in [0.2, 0.25) is 0 Å². The summed E-state index contributed by atoms with van der Waals surface area (Å²) in [4.78, 5) is 9.82. The fraction of sp³-hybridized carbons (Fsp3) is 0.333. The number of halogens is 2. The van der Waals surface area contributed by atoms with Crippen LogP contribution in [-0.2, 0) is 0 Å². The molecule has 0 atom stereocenters. The Morgan fingerprint density at radius 1 is 1.44 bits per heavy atom. The first-order chi connectivity index (χ1) is 7.54. The van der Waals surface area contributed by atoms with Crippen molar-refractivity contribution in [2.75, 3.05) is 13.7 Å². The van der Waals surface area contributed by atoms with Gasteiger partial charge < -0.3 is 9.47 Å². The van der Waals surface area contributed by atoms with Crippen molar-refractivity contribution in [3.63, 3.8) is 0 Å². The number of nitro groups is 1. The van der Waals surface area contributed by atoms with E-state index in [-0.39, 0.29) is 17.2 Å². The third-order valence-corrected chi connectivity index (χ3v) is 1.72. The molecular formula is C9H9F2NO4. The van der Waals surface area contributed by atoms with Gasteiger partial charge in [0.1, 0.15) is 6.61 Å². The van der Waals surface area contributed by atoms with Crippen molar-refractivity contribution in [2.45, 2.75) is 6.43 Å². The molecule has 1 aromatic carbocycles. The Kier molecular flexibility index (Phi) is 3.98. The van der Waals surface area contributed by atoms with Crippen molar-refractivity contribution < 1.29 is 23.2 Å². The molecule has 0 aliphatic heterocycles. The van der Waals surface area contributed by atoms with E-state index in [1.165, 1.54) is 13.2 Å². The minimum atomic E-state index is -2.61. The summed E-state index contributed by atoms with van der Waals surface area (Å²) in [6, 6.07) is 3.49. The normalized spacial score (nSPS) is 10.2. The quantitative estimate of drug-likeness (QED) is 0.578. The number of alkyl halides is 2. The van der Waals surface area contributed by atoms with Crippen LogP contribution < -0.4 is 9.47 Å². The summed E-state index contributed by atoms with van der Waals surface area (Å²) in [6.07, 6.45) is -2.61. The molecule has 0 aliphatic rings. The van der Waals surface area contributed by atoms with Gasteiger partial charge in [-0.1, -0.05) is 0 Å². The first kappa shape index (κ1) is 12.2. The summed E-state index contributed by atoms with van der Waals surface area (Å²) in [5.74, 6) is 0.100. The van der Waals surface area contributed by atoms with Crippen LogP contribution >= 0.6 is 0 Å². The molecule has 0 N–H and O–H groups in total. The Hall–Kier alpha value is -1.92. The lowest BCUT2D eigenvalue weighted by atomic mass is 10.3. The number of non-ortho nitro benzene ring substituents is 1. The predicted octanol–water partition coefficient (Wildman–Crippen LogP) is 2.25. The zero-order chi connectivity index (χ0) is 12.1. The molecule has 0 spiro atoms. The lowest BCUT2D eigenvalue weighted by molar-refractivity contribution is -0.384. The highest BCUT2D eigenvalue weighted by molar-refractivity contribution is 5.48. The molecule has 0 fully saturated rings. The van der Waals surface area contributed by atoms with Gasteiger partial charge in [-0.3, -0.25) is 10.1 Å². The van der Waals surface area contributed by atoms with Gasteiger partial charge in [-0.2, -0.15) is 0 Å². The topological polar surface area (TPSA) is 61.6 Å². The number of hydrogen-bond donors (Lipinski definition) is 0. The van der Waals surface area contributed by atoms with Gasteiger partial charge in [-0.05, 0) is 6.07 Å². The van der Waals surface area contributed by atoms with Crippen molar-refractivity contribution in [2.24, 2.45) is 0 Å². The molecule has 5 nitrogen and oxygen atoms in total. The first-order valence-electron chi connectivity index (χ1n) is 4.28. The number of rotatable bonds is 5. The predicted molar refractivity (Wildman–Crippen MR) is 51.1 cm³/mol. The van der Waals surface area contributed by atoms with Gasteiger partial charge >= 0.3 is 0 Å². The van der Waals surface area contributed by atoms with Gasteiger partial charge in [-0.15, -0.1) is 0 Å². The van der Waals surface area contributed by atoms with E-state index in [1.807, 2.05) is 0 Å². The monoisotopic (exact) mass is 233 g/mol. The molecule has 0 amide bonds. The molecule has 7 heteroatoms. The van der Waals surface area contributed by atoms with Crippen molar-refractivity contribution in [3.05, 3.63) is 28.3 Å². The van der Waals surface area contributed by atoms with Crippen molar-refractivity contribution >= 4 is 5.69 Å². The molecule has 0 aliphatic carbocycles. The summed E-state index contributed by atoms with van der Waals surface area (Å²) >= 11 is 0. The van der Waals surface area contributed by atoms with E-state index in [1.54, 1.807) is 0 Å². The molecule has 0 unspecified atom stereocenters. The Bertz CT molecular complexity index is 384. The van der Waals surface area contributed by atoms with E-state index in [0.29, 0.717) is 0 Å². The van der Waals surface area contributed by atoms with Crippen LogP contribution in [0.4, 0.5) is 14.5 Å². The average molecular weight is 233 g/mol. The van der Waals surface area contributed by atoms with Gasteiger partial charge in [-0.25, -0.2) is 8.78 Å². The lowest BCUT2D eigenvalue weighted by Crippen LogP contribution is -2.07. The minimum absolute atomic E-state index is 0.0494. The minimum Gasteiger partial charge on any atom is -0.493 e. The molecule has 0 saturated carbocycles. The number of nitro benzene ring substituents is 1. The SMILES string of the molecule is COc1cc([N+](=O)[O-])ccc1OCC(F)F. The molecule has 0 aromatic heterocycles. The van der Waals surface area contributed by atoms with Crippen LogP contribution in [0, 0.1) is 10.1 Å². The van der Waals surface area contributed by atoms with E-state index in [0.717, 1.165) is 12.1 Å². The molecule has 1 aromatic rings. The number of ether oxygens (including phenoxy) is 2. The molecule has 16 heavy (non-hydrogen) atoms. The second kappa shape index (κ2) is 5.24. The second-order valence-corrected chi connectivity index (χ2v) is 2.79. The van der Waals surface area contributed by atoms with Gasteiger partial charge in [0, 0.05) is 6.07 Å². The smallest absolute Gasteiger partial charge is 0.273 e. The average Bonchev–Trinajstić information content (AvgIpc) is 2.25. The maximum absolute atomic E-state index is 11.9. The Balaban J connectivity index is 2.89. The van der Waals surface area contributed by atoms with Crippen LogP contribution in [0.3, 0.4) is 0 Å². The maximum Gasteiger partial charge on any atom is 0.273 e. The highest BCUT2D eigenvalue weighted by atomic mass is 19.3. The fourth-order valence-corrected chi connectivity index (χ4v) is 1.04. The summed E-state index contributed by atoms with van der Waals surface area (Å²) in [7, 11) is 1.27. The van der Waals surface area contributed by atoms with Gasteiger partial charge in [0.25, 0.3) is 12.1 Å². The summed E-state index contributed by atoms with van der Waals surface area (Å²) in [5.41, 5.74) is -0.193. The summed E-state index contributed by atoms with van der Waals surface area (Å²) in [5, 5.41) is 10.4. The second-order valence-electron chi connectivity index (χ2n) is 2.79. The van der Waals surface area contributed by atoms with Crippen LogP contribution in [0.15, 0.2) is 18.2 Å². The van der Waals surface area contributed by atoms with Crippen LogP contribution in [0.25, 0.3) is 0 Å². The van der Waals surface area contributed by atoms with E-state index in [9.17, 15) is 18.9 Å². The zero-order valence-corrected chi connectivity index (χ0v) is 8.35. The standard InChI is InChI=1S/C9H9F2NO4/c1-15-8-4-6(12(13)14)2-3-7(8)16-5-9(10)11/h2-4,9H,5H2,1H3. The maximum atomic E-state index is 11.9. The number of nitrogens with zero attached hydrogens (tertiary/aromatic N) is 1. The lowest BCUT2D eigenvalue weighted by Gasteiger charge is -2.09. The summed E-state index contributed by atoms with van der Waals surface area (Å²) < 4.78 is 33.3. The molecule has 0 saturated heterocycles. The molecule has 0 heterocycles. The van der Waals surface area contributed by atoms with Crippen molar-refractivity contribution in [1.29, 1.82) is 0 Å². The third kappa shape index (κ3) is 3.04. The number of methoxy groups -OCH3 is 1. The van der Waals surface area contributed by atoms with Crippen LogP contribution in [-0.4, -0.2) is 25.1 Å². The van der Waals surface area contributed by atoms with E-state index >= 15 is 0 Å². The van der Waals surface area contributed by atoms with Gasteiger partial charge in [0.05, 0.1) is 18.1 Å². The Labute approximate surface area is 89.7 Å². The van der Waals surface area contributed by atoms with E-state index < -0.39 is 18.0 Å².